The van der Waals surface area contributed by atoms with Crippen molar-refractivity contribution in [1.82, 2.24) is 14.5 Å². The second kappa shape index (κ2) is 7.07. The van der Waals surface area contributed by atoms with E-state index in [1.807, 2.05) is 9.80 Å². The first-order valence-corrected chi connectivity index (χ1v) is 9.50. The van der Waals surface area contributed by atoms with Gasteiger partial charge in [-0.3, -0.25) is 4.79 Å². The number of rotatable bonds is 3. The molecule has 3 heterocycles. The average molecular weight is 377 g/mol. The minimum atomic E-state index is -1.04. The highest BCUT2D eigenvalue weighted by atomic mass is 19.1. The van der Waals surface area contributed by atoms with E-state index >= 15 is 0 Å². The molecule has 0 aliphatic carbocycles. The van der Waals surface area contributed by atoms with E-state index in [9.17, 15) is 13.6 Å². The Morgan fingerprint density at radius 2 is 2.11 bits per heavy atom. The van der Waals surface area contributed by atoms with Gasteiger partial charge < -0.3 is 20.1 Å². The van der Waals surface area contributed by atoms with Crippen LogP contribution in [0.5, 0.6) is 0 Å². The first kappa shape index (κ1) is 18.2. The van der Waals surface area contributed by atoms with E-state index in [4.69, 9.17) is 5.73 Å². The van der Waals surface area contributed by atoms with Crippen LogP contribution in [0.25, 0.3) is 11.0 Å². The summed E-state index contributed by atoms with van der Waals surface area (Å²) in [5, 5.41) is 0. The summed E-state index contributed by atoms with van der Waals surface area (Å²) >= 11 is 0. The minimum absolute atomic E-state index is 0.00571. The van der Waals surface area contributed by atoms with Gasteiger partial charge in [0, 0.05) is 26.2 Å². The second-order valence-electron chi connectivity index (χ2n) is 7.78. The fourth-order valence-electron chi connectivity index (χ4n) is 4.01. The van der Waals surface area contributed by atoms with E-state index in [0.717, 1.165) is 19.5 Å². The fourth-order valence-corrected chi connectivity index (χ4v) is 4.01. The quantitative estimate of drug-likeness (QED) is 0.888. The van der Waals surface area contributed by atoms with Crippen molar-refractivity contribution >= 4 is 22.9 Å². The predicted molar refractivity (Wildman–Crippen MR) is 99.8 cm³/mol. The summed E-state index contributed by atoms with van der Waals surface area (Å²) in [7, 11) is 0. The van der Waals surface area contributed by atoms with E-state index < -0.39 is 12.2 Å². The Bertz CT molecular complexity index is 854. The molecule has 0 saturated carbocycles. The van der Waals surface area contributed by atoms with Crippen molar-refractivity contribution in [2.75, 3.05) is 31.1 Å². The van der Waals surface area contributed by atoms with Gasteiger partial charge in [-0.25, -0.2) is 13.8 Å². The number of anilines is 1. The van der Waals surface area contributed by atoms with Crippen LogP contribution >= 0.6 is 0 Å². The van der Waals surface area contributed by atoms with Gasteiger partial charge in [0.15, 0.2) is 0 Å². The number of aromatic nitrogens is 2. The lowest BCUT2D eigenvalue weighted by Gasteiger charge is -2.34. The molecule has 1 aromatic heterocycles. The van der Waals surface area contributed by atoms with Gasteiger partial charge in [-0.1, -0.05) is 6.92 Å². The molecule has 0 bridgehead atoms. The Hall–Kier alpha value is -2.22. The topological polar surface area (TPSA) is 67.4 Å². The van der Waals surface area contributed by atoms with Gasteiger partial charge in [0.25, 0.3) is 0 Å². The van der Waals surface area contributed by atoms with Crippen molar-refractivity contribution in [3.8, 4) is 0 Å². The maximum absolute atomic E-state index is 13.9. The summed E-state index contributed by atoms with van der Waals surface area (Å²) in [5.74, 6) is 0.663. The predicted octanol–water partition coefficient (Wildman–Crippen LogP) is 1.92. The zero-order valence-electron chi connectivity index (χ0n) is 15.4. The van der Waals surface area contributed by atoms with Crippen LogP contribution in [0.3, 0.4) is 0 Å². The largest absolute Gasteiger partial charge is 0.341 e. The molecule has 2 aliphatic heterocycles. The molecule has 0 unspecified atom stereocenters. The van der Waals surface area contributed by atoms with Crippen LogP contribution in [-0.2, 0) is 11.3 Å². The van der Waals surface area contributed by atoms with Gasteiger partial charge in [0.05, 0.1) is 17.1 Å². The molecule has 27 heavy (non-hydrogen) atoms. The lowest BCUT2D eigenvalue weighted by atomic mass is 10.1. The SMILES string of the molecule is C[C@@H]1CCN(C(=O)Cn2c(N3CC[C@@H](F)[C@H](N)C3)nc3ccc(F)cc32)C1. The van der Waals surface area contributed by atoms with Crippen molar-refractivity contribution in [2.45, 2.75) is 38.5 Å². The number of benzene rings is 1. The number of hydrogen-bond donors (Lipinski definition) is 1. The molecule has 1 amide bonds. The van der Waals surface area contributed by atoms with E-state index in [1.54, 1.807) is 10.6 Å². The average Bonchev–Trinajstić information content (AvgIpc) is 3.22. The highest BCUT2D eigenvalue weighted by Gasteiger charge is 2.30. The molecule has 146 valence electrons. The number of nitrogens with two attached hydrogens (primary N) is 1. The van der Waals surface area contributed by atoms with E-state index in [0.29, 0.717) is 42.4 Å². The highest BCUT2D eigenvalue weighted by molar-refractivity contribution is 5.83. The van der Waals surface area contributed by atoms with E-state index in [-0.39, 0.29) is 18.3 Å². The van der Waals surface area contributed by atoms with Crippen LogP contribution in [0, 0.1) is 11.7 Å². The van der Waals surface area contributed by atoms with Crippen LogP contribution in [0.1, 0.15) is 19.8 Å². The number of carbonyl (C=O) groups excluding carboxylic acids is 1. The zero-order valence-corrected chi connectivity index (χ0v) is 15.4. The van der Waals surface area contributed by atoms with Crippen LogP contribution in [0.15, 0.2) is 18.2 Å². The Morgan fingerprint density at radius 3 is 2.81 bits per heavy atom. The van der Waals surface area contributed by atoms with Gasteiger partial charge >= 0.3 is 0 Å². The van der Waals surface area contributed by atoms with Gasteiger partial charge in [-0.2, -0.15) is 0 Å². The zero-order chi connectivity index (χ0) is 19.1. The number of amides is 1. The Kier molecular flexibility index (Phi) is 4.75. The molecule has 0 spiro atoms. The molecule has 2 saturated heterocycles. The normalized spacial score (nSPS) is 26.1. The smallest absolute Gasteiger partial charge is 0.242 e. The van der Waals surface area contributed by atoms with E-state index in [2.05, 4.69) is 11.9 Å². The van der Waals surface area contributed by atoms with Crippen LogP contribution in [0.2, 0.25) is 0 Å². The summed E-state index contributed by atoms with van der Waals surface area (Å²) < 4.78 is 29.4. The van der Waals surface area contributed by atoms with Crippen molar-refractivity contribution in [3.63, 3.8) is 0 Å². The number of fused-ring (bicyclic) bond motifs is 1. The maximum Gasteiger partial charge on any atom is 0.242 e. The van der Waals surface area contributed by atoms with Crippen molar-refractivity contribution in [2.24, 2.45) is 11.7 Å². The van der Waals surface area contributed by atoms with E-state index in [1.165, 1.54) is 12.1 Å². The number of halogens is 2. The molecule has 8 heteroatoms. The molecule has 3 atom stereocenters. The summed E-state index contributed by atoms with van der Waals surface area (Å²) in [6, 6.07) is 3.76. The molecule has 1 aromatic carbocycles. The molecular weight excluding hydrogens is 352 g/mol. The number of nitrogens with zero attached hydrogens (tertiary/aromatic N) is 4. The van der Waals surface area contributed by atoms with Gasteiger partial charge in [0.1, 0.15) is 18.5 Å². The number of imidazole rings is 1. The third kappa shape index (κ3) is 3.50. The number of hydrogen-bond acceptors (Lipinski definition) is 4. The molecule has 6 nitrogen and oxygen atoms in total. The van der Waals surface area contributed by atoms with Crippen molar-refractivity contribution in [1.29, 1.82) is 0 Å². The first-order chi connectivity index (χ1) is 12.9. The molecular formula is C19H25F2N5O. The molecule has 2 aromatic rings. The van der Waals surface area contributed by atoms with Crippen molar-refractivity contribution < 1.29 is 13.6 Å². The van der Waals surface area contributed by atoms with Gasteiger partial charge in [0.2, 0.25) is 11.9 Å². The van der Waals surface area contributed by atoms with Crippen LogP contribution < -0.4 is 10.6 Å². The molecule has 4 rings (SSSR count). The fraction of sp³-hybridized carbons (Fsp3) is 0.579. The summed E-state index contributed by atoms with van der Waals surface area (Å²) in [4.78, 5) is 21.2. The number of alkyl halides is 1. The van der Waals surface area contributed by atoms with Crippen LogP contribution in [-0.4, -0.2) is 58.8 Å². The summed E-state index contributed by atoms with van der Waals surface area (Å²) in [6.45, 7) is 4.50. The summed E-state index contributed by atoms with van der Waals surface area (Å²) in [6.07, 6.45) is 0.275. The van der Waals surface area contributed by atoms with Gasteiger partial charge in [-0.15, -0.1) is 0 Å². The molecule has 0 radical (unpaired) electrons. The standard InChI is InChI=1S/C19H25F2N5O/c1-12-4-6-24(9-12)18(27)11-26-17-8-13(20)2-3-16(17)23-19(26)25-7-5-14(21)15(22)10-25/h2-3,8,12,14-15H,4-7,9-11,22H2,1H3/t12-,14-,15-/m1/s1. The third-order valence-corrected chi connectivity index (χ3v) is 5.61. The lowest BCUT2D eigenvalue weighted by Crippen LogP contribution is -2.50. The first-order valence-electron chi connectivity index (χ1n) is 9.50. The Balaban J connectivity index is 1.68. The summed E-state index contributed by atoms with van der Waals surface area (Å²) in [5.41, 5.74) is 7.09. The van der Waals surface area contributed by atoms with Crippen LogP contribution in [0.4, 0.5) is 14.7 Å². The number of carbonyl (C=O) groups is 1. The minimum Gasteiger partial charge on any atom is -0.341 e. The number of piperidine rings is 1. The monoisotopic (exact) mass is 377 g/mol. The number of likely N-dealkylation sites (tertiary alicyclic amines) is 1. The Labute approximate surface area is 156 Å². The highest BCUT2D eigenvalue weighted by Crippen LogP contribution is 2.27. The maximum atomic E-state index is 13.9. The molecule has 2 aliphatic rings. The molecule has 2 fully saturated rings. The van der Waals surface area contributed by atoms with Crippen molar-refractivity contribution in [3.05, 3.63) is 24.0 Å². The second-order valence-corrected chi connectivity index (χ2v) is 7.78. The third-order valence-electron chi connectivity index (χ3n) is 5.61. The molecule has 2 N–H and O–H groups in total. The Morgan fingerprint density at radius 1 is 1.30 bits per heavy atom. The van der Waals surface area contributed by atoms with Gasteiger partial charge in [-0.05, 0) is 37.0 Å². The lowest BCUT2D eigenvalue weighted by molar-refractivity contribution is -0.130.